The molecule has 1 aliphatic heterocycles. The van der Waals surface area contributed by atoms with Gasteiger partial charge in [-0.1, -0.05) is 30.3 Å². The first-order valence-corrected chi connectivity index (χ1v) is 5.50. The molecule has 1 heterocycles. The summed E-state index contributed by atoms with van der Waals surface area (Å²) in [7, 11) is 0. The Labute approximate surface area is 99.5 Å². The zero-order valence-electron chi connectivity index (χ0n) is 9.30. The molecule has 1 aromatic carbocycles. The summed E-state index contributed by atoms with van der Waals surface area (Å²) in [6.45, 7) is 0.261. The van der Waals surface area contributed by atoms with Gasteiger partial charge in [-0.2, -0.15) is 5.26 Å². The summed E-state index contributed by atoms with van der Waals surface area (Å²) >= 11 is 0. The first kappa shape index (κ1) is 11.3. The monoisotopic (exact) mass is 228 g/mol. The molecule has 1 atom stereocenters. The molecule has 4 heteroatoms. The van der Waals surface area contributed by atoms with Crippen LogP contribution < -0.4 is 0 Å². The SMILES string of the molecule is N#CC1CCC(=O)N(Cc2ccccc2)C1=O. The topological polar surface area (TPSA) is 61.2 Å². The van der Waals surface area contributed by atoms with Crippen LogP contribution in [0.15, 0.2) is 30.3 Å². The molecule has 1 unspecified atom stereocenters. The van der Waals surface area contributed by atoms with Gasteiger partial charge in [0.05, 0.1) is 12.6 Å². The normalized spacial score (nSPS) is 20.2. The van der Waals surface area contributed by atoms with Crippen LogP contribution >= 0.6 is 0 Å². The fourth-order valence-electron chi connectivity index (χ4n) is 1.89. The van der Waals surface area contributed by atoms with Crippen molar-refractivity contribution in [1.29, 1.82) is 5.26 Å². The molecule has 1 saturated heterocycles. The number of amides is 2. The largest absolute Gasteiger partial charge is 0.277 e. The molecule has 0 saturated carbocycles. The van der Waals surface area contributed by atoms with E-state index in [2.05, 4.69) is 0 Å². The van der Waals surface area contributed by atoms with Gasteiger partial charge in [-0.05, 0) is 12.0 Å². The summed E-state index contributed by atoms with van der Waals surface area (Å²) in [6.07, 6.45) is 0.621. The van der Waals surface area contributed by atoms with Crippen molar-refractivity contribution < 1.29 is 9.59 Å². The van der Waals surface area contributed by atoms with E-state index in [-0.39, 0.29) is 24.8 Å². The molecule has 0 spiro atoms. The second-order valence-corrected chi connectivity index (χ2v) is 4.02. The fourth-order valence-corrected chi connectivity index (χ4v) is 1.89. The van der Waals surface area contributed by atoms with Crippen molar-refractivity contribution in [2.45, 2.75) is 19.4 Å². The molecule has 17 heavy (non-hydrogen) atoms. The Kier molecular flexibility index (Phi) is 3.20. The van der Waals surface area contributed by atoms with E-state index in [4.69, 9.17) is 5.26 Å². The Morgan fingerprint density at radius 2 is 2.00 bits per heavy atom. The predicted molar refractivity (Wildman–Crippen MR) is 60.3 cm³/mol. The van der Waals surface area contributed by atoms with Crippen LogP contribution in [0.4, 0.5) is 0 Å². The maximum absolute atomic E-state index is 11.9. The third-order valence-electron chi connectivity index (χ3n) is 2.85. The lowest BCUT2D eigenvalue weighted by Crippen LogP contribution is -2.44. The van der Waals surface area contributed by atoms with E-state index in [1.165, 1.54) is 4.90 Å². The summed E-state index contributed by atoms with van der Waals surface area (Å²) in [5.41, 5.74) is 0.896. The molecule has 2 rings (SSSR count). The van der Waals surface area contributed by atoms with Crippen LogP contribution in [0.1, 0.15) is 18.4 Å². The molecule has 86 valence electrons. The van der Waals surface area contributed by atoms with Crippen LogP contribution in [-0.4, -0.2) is 16.7 Å². The van der Waals surface area contributed by atoms with Gasteiger partial charge >= 0.3 is 0 Å². The Bertz CT molecular complexity index is 476. The van der Waals surface area contributed by atoms with Crippen LogP contribution in [0.5, 0.6) is 0 Å². The molecule has 1 fully saturated rings. The van der Waals surface area contributed by atoms with Crippen LogP contribution in [0, 0.1) is 17.2 Å². The lowest BCUT2D eigenvalue weighted by atomic mass is 9.97. The smallest absolute Gasteiger partial charge is 0.246 e. The molecule has 0 aromatic heterocycles. The van der Waals surface area contributed by atoms with Gasteiger partial charge < -0.3 is 0 Å². The Morgan fingerprint density at radius 1 is 1.29 bits per heavy atom. The predicted octanol–water partition coefficient (Wildman–Crippen LogP) is 1.48. The average molecular weight is 228 g/mol. The highest BCUT2D eigenvalue weighted by atomic mass is 16.2. The molecule has 1 aliphatic rings. The number of hydrogen-bond acceptors (Lipinski definition) is 3. The minimum Gasteiger partial charge on any atom is -0.277 e. The van der Waals surface area contributed by atoms with Gasteiger partial charge in [0.2, 0.25) is 11.8 Å². The number of imide groups is 1. The van der Waals surface area contributed by atoms with E-state index >= 15 is 0 Å². The summed E-state index contributed by atoms with van der Waals surface area (Å²) in [5, 5.41) is 8.82. The first-order valence-electron chi connectivity index (χ1n) is 5.50. The fraction of sp³-hybridized carbons (Fsp3) is 0.308. The number of likely N-dealkylation sites (tertiary alicyclic amines) is 1. The zero-order chi connectivity index (χ0) is 12.3. The summed E-state index contributed by atoms with van der Waals surface area (Å²) < 4.78 is 0. The molecule has 0 bridgehead atoms. The molecule has 2 amide bonds. The van der Waals surface area contributed by atoms with Gasteiger partial charge in [-0.15, -0.1) is 0 Å². The molecule has 1 aromatic rings. The molecule has 0 radical (unpaired) electrons. The number of nitrogens with zero attached hydrogens (tertiary/aromatic N) is 2. The lowest BCUT2D eigenvalue weighted by molar-refractivity contribution is -0.150. The van der Waals surface area contributed by atoms with Gasteiger partial charge in [0, 0.05) is 6.42 Å². The molecular formula is C13H12N2O2. The van der Waals surface area contributed by atoms with E-state index in [0.29, 0.717) is 6.42 Å². The lowest BCUT2D eigenvalue weighted by Gasteiger charge is -2.27. The van der Waals surface area contributed by atoms with Gasteiger partial charge in [-0.3, -0.25) is 14.5 Å². The van der Waals surface area contributed by atoms with Crippen LogP contribution in [0.2, 0.25) is 0 Å². The van der Waals surface area contributed by atoms with E-state index in [9.17, 15) is 9.59 Å². The molecule has 4 nitrogen and oxygen atoms in total. The highest BCUT2D eigenvalue weighted by Gasteiger charge is 2.34. The number of carbonyl (C=O) groups excluding carboxylic acids is 2. The standard InChI is InChI=1S/C13H12N2O2/c14-8-11-6-7-12(16)15(13(11)17)9-10-4-2-1-3-5-10/h1-5,11H,6-7,9H2. The van der Waals surface area contributed by atoms with Gasteiger partial charge in [0.1, 0.15) is 5.92 Å². The molecule has 0 aliphatic carbocycles. The minimum atomic E-state index is -0.670. The highest BCUT2D eigenvalue weighted by molar-refractivity contribution is 5.99. The van der Waals surface area contributed by atoms with Crippen molar-refractivity contribution in [3.8, 4) is 6.07 Å². The molecular weight excluding hydrogens is 216 g/mol. The third-order valence-corrected chi connectivity index (χ3v) is 2.85. The van der Waals surface area contributed by atoms with Crippen molar-refractivity contribution in [2.24, 2.45) is 5.92 Å². The Balaban J connectivity index is 2.16. The average Bonchev–Trinajstić information content (AvgIpc) is 2.36. The van der Waals surface area contributed by atoms with Crippen molar-refractivity contribution in [1.82, 2.24) is 4.90 Å². The van der Waals surface area contributed by atoms with E-state index in [0.717, 1.165) is 5.56 Å². The second kappa shape index (κ2) is 4.79. The maximum atomic E-state index is 11.9. The van der Waals surface area contributed by atoms with Gasteiger partial charge in [-0.25, -0.2) is 0 Å². The number of benzene rings is 1. The maximum Gasteiger partial charge on any atom is 0.246 e. The third kappa shape index (κ3) is 2.34. The summed E-state index contributed by atoms with van der Waals surface area (Å²) in [5.74, 6) is -1.23. The van der Waals surface area contributed by atoms with Gasteiger partial charge in [0.15, 0.2) is 0 Å². The Morgan fingerprint density at radius 3 is 2.65 bits per heavy atom. The minimum absolute atomic E-state index is 0.189. The highest BCUT2D eigenvalue weighted by Crippen LogP contribution is 2.20. The number of nitriles is 1. The number of hydrogen-bond donors (Lipinski definition) is 0. The second-order valence-electron chi connectivity index (χ2n) is 4.02. The quantitative estimate of drug-likeness (QED) is 0.720. The number of piperidine rings is 1. The first-order chi connectivity index (χ1) is 8.22. The van der Waals surface area contributed by atoms with Gasteiger partial charge in [0.25, 0.3) is 0 Å². The number of rotatable bonds is 2. The Hall–Kier alpha value is -2.15. The van der Waals surface area contributed by atoms with E-state index in [1.807, 2.05) is 36.4 Å². The molecule has 0 N–H and O–H groups in total. The summed E-state index contributed by atoms with van der Waals surface area (Å²) in [4.78, 5) is 24.7. The zero-order valence-corrected chi connectivity index (χ0v) is 9.30. The van der Waals surface area contributed by atoms with Crippen molar-refractivity contribution >= 4 is 11.8 Å². The van der Waals surface area contributed by atoms with Crippen molar-refractivity contribution in [2.75, 3.05) is 0 Å². The van der Waals surface area contributed by atoms with Crippen molar-refractivity contribution in [3.05, 3.63) is 35.9 Å². The summed E-state index contributed by atoms with van der Waals surface area (Å²) in [6, 6.07) is 11.3. The van der Waals surface area contributed by atoms with E-state index < -0.39 is 5.92 Å². The number of carbonyl (C=O) groups is 2. The van der Waals surface area contributed by atoms with Crippen LogP contribution in [0.25, 0.3) is 0 Å². The van der Waals surface area contributed by atoms with Crippen LogP contribution in [0.3, 0.4) is 0 Å². The van der Waals surface area contributed by atoms with E-state index in [1.54, 1.807) is 0 Å². The van der Waals surface area contributed by atoms with Crippen molar-refractivity contribution in [3.63, 3.8) is 0 Å². The van der Waals surface area contributed by atoms with Crippen LogP contribution in [-0.2, 0) is 16.1 Å².